The molecule has 3 aromatic carbocycles. The third-order valence-electron chi connectivity index (χ3n) is 5.60. The normalized spacial score (nSPS) is 14.1. The number of amides is 2. The van der Waals surface area contributed by atoms with Crippen molar-refractivity contribution >= 4 is 12.0 Å². The Kier molecular flexibility index (Phi) is 6.52. The van der Waals surface area contributed by atoms with Crippen LogP contribution in [-0.2, 0) is 16.0 Å². The van der Waals surface area contributed by atoms with Gasteiger partial charge in [0.2, 0.25) is 5.91 Å². The quantitative estimate of drug-likeness (QED) is 0.501. The zero-order valence-electron chi connectivity index (χ0n) is 18.0. The lowest BCUT2D eigenvalue weighted by Crippen LogP contribution is -2.52. The van der Waals surface area contributed by atoms with Gasteiger partial charge in [0.1, 0.15) is 12.6 Å². The van der Waals surface area contributed by atoms with Gasteiger partial charge in [-0.05, 0) is 34.7 Å². The van der Waals surface area contributed by atoms with Crippen LogP contribution >= 0.6 is 0 Å². The van der Waals surface area contributed by atoms with Crippen molar-refractivity contribution in [2.75, 3.05) is 6.61 Å². The molecule has 32 heavy (non-hydrogen) atoms. The summed E-state index contributed by atoms with van der Waals surface area (Å²) in [7, 11) is 0. The second-order valence-corrected chi connectivity index (χ2v) is 8.01. The van der Waals surface area contributed by atoms with Crippen molar-refractivity contribution in [2.24, 2.45) is 5.73 Å². The minimum Gasteiger partial charge on any atom is -0.449 e. The molecule has 0 saturated heterocycles. The molecule has 0 spiro atoms. The van der Waals surface area contributed by atoms with Crippen LogP contribution in [0.3, 0.4) is 0 Å². The van der Waals surface area contributed by atoms with Crippen molar-refractivity contribution in [3.8, 4) is 11.1 Å². The van der Waals surface area contributed by atoms with E-state index < -0.39 is 18.3 Å². The maximum Gasteiger partial charge on any atom is 0.407 e. The first-order valence-electron chi connectivity index (χ1n) is 10.7. The SMILES string of the molecule is C[C@H](N)NC(=O)[C@H](Cc1ccccc1)NC(=O)OCC1c2ccccc2-c2ccccc21. The van der Waals surface area contributed by atoms with E-state index in [2.05, 4.69) is 34.9 Å². The van der Waals surface area contributed by atoms with Crippen molar-refractivity contribution in [1.29, 1.82) is 0 Å². The van der Waals surface area contributed by atoms with Gasteiger partial charge in [-0.15, -0.1) is 0 Å². The minimum absolute atomic E-state index is 0.0430. The predicted molar refractivity (Wildman–Crippen MR) is 124 cm³/mol. The van der Waals surface area contributed by atoms with E-state index in [1.54, 1.807) is 6.92 Å². The monoisotopic (exact) mass is 429 g/mol. The van der Waals surface area contributed by atoms with Gasteiger partial charge in [0.15, 0.2) is 0 Å². The molecule has 4 rings (SSSR count). The molecule has 6 nitrogen and oxygen atoms in total. The number of nitrogens with two attached hydrogens (primary N) is 1. The van der Waals surface area contributed by atoms with Crippen molar-refractivity contribution in [3.05, 3.63) is 95.6 Å². The van der Waals surface area contributed by atoms with E-state index in [-0.39, 0.29) is 18.4 Å². The molecule has 164 valence electrons. The first-order valence-corrected chi connectivity index (χ1v) is 10.7. The summed E-state index contributed by atoms with van der Waals surface area (Å²) < 4.78 is 5.60. The molecule has 0 aliphatic heterocycles. The summed E-state index contributed by atoms with van der Waals surface area (Å²) in [6, 6.07) is 25.0. The summed E-state index contributed by atoms with van der Waals surface area (Å²) in [6.45, 7) is 1.86. The number of carbonyl (C=O) groups excluding carboxylic acids is 2. The van der Waals surface area contributed by atoms with Crippen LogP contribution < -0.4 is 16.4 Å². The van der Waals surface area contributed by atoms with Gasteiger partial charge in [-0.25, -0.2) is 4.79 Å². The average molecular weight is 430 g/mol. The smallest absolute Gasteiger partial charge is 0.407 e. The molecule has 0 bridgehead atoms. The first-order chi connectivity index (χ1) is 15.5. The van der Waals surface area contributed by atoms with Crippen LogP contribution in [-0.4, -0.2) is 30.8 Å². The number of benzene rings is 3. The topological polar surface area (TPSA) is 93.5 Å². The lowest BCUT2D eigenvalue weighted by atomic mass is 9.98. The van der Waals surface area contributed by atoms with Crippen molar-refractivity contribution in [1.82, 2.24) is 10.6 Å². The molecular formula is C26H27N3O3. The Bertz CT molecular complexity index is 1050. The minimum atomic E-state index is -0.793. The molecule has 6 heteroatoms. The summed E-state index contributed by atoms with van der Waals surface area (Å²) in [4.78, 5) is 25.3. The Morgan fingerprint density at radius 1 is 0.875 bits per heavy atom. The van der Waals surface area contributed by atoms with E-state index in [1.165, 1.54) is 0 Å². The van der Waals surface area contributed by atoms with Crippen molar-refractivity contribution in [2.45, 2.75) is 31.5 Å². The number of alkyl carbamates (subject to hydrolysis) is 1. The van der Waals surface area contributed by atoms with Crippen LogP contribution in [0.1, 0.15) is 29.5 Å². The fourth-order valence-corrected chi connectivity index (χ4v) is 4.17. The molecule has 0 aromatic heterocycles. The Hall–Kier alpha value is -3.64. The van der Waals surface area contributed by atoms with Crippen molar-refractivity contribution < 1.29 is 14.3 Å². The zero-order chi connectivity index (χ0) is 22.5. The number of carbonyl (C=O) groups is 2. The second kappa shape index (κ2) is 9.66. The van der Waals surface area contributed by atoms with E-state index in [9.17, 15) is 9.59 Å². The molecular weight excluding hydrogens is 402 g/mol. The predicted octanol–water partition coefficient (Wildman–Crippen LogP) is 3.56. The fraction of sp³-hybridized carbons (Fsp3) is 0.231. The highest BCUT2D eigenvalue weighted by Gasteiger charge is 2.30. The summed E-state index contributed by atoms with van der Waals surface area (Å²) in [6.07, 6.45) is -0.818. The van der Waals surface area contributed by atoms with Crippen LogP contribution in [0.4, 0.5) is 4.79 Å². The Labute approximate surface area is 187 Å². The van der Waals surface area contributed by atoms with E-state index in [0.29, 0.717) is 6.42 Å². The molecule has 1 aliphatic rings. The number of fused-ring (bicyclic) bond motifs is 3. The molecule has 0 fully saturated rings. The highest BCUT2D eigenvalue weighted by atomic mass is 16.5. The lowest BCUT2D eigenvalue weighted by molar-refractivity contribution is -0.123. The standard InChI is InChI=1S/C26H27N3O3/c1-17(27)28-25(30)24(15-18-9-3-2-4-10-18)29-26(31)32-16-23-21-13-7-5-11-19(21)20-12-6-8-14-22(20)23/h2-14,17,23-24H,15-16,27H2,1H3,(H,28,30)(H,29,31)/t17-,24+/m1/s1. The van der Waals surface area contributed by atoms with Gasteiger partial charge in [0.25, 0.3) is 0 Å². The number of rotatable bonds is 7. The van der Waals surface area contributed by atoms with E-state index in [0.717, 1.165) is 27.8 Å². The number of nitrogens with one attached hydrogen (secondary N) is 2. The number of hydrogen-bond donors (Lipinski definition) is 3. The van der Waals surface area contributed by atoms with Crippen LogP contribution in [0, 0.1) is 0 Å². The number of ether oxygens (including phenoxy) is 1. The molecule has 2 amide bonds. The zero-order valence-corrected chi connectivity index (χ0v) is 18.0. The maximum absolute atomic E-state index is 12.7. The molecule has 0 radical (unpaired) electrons. The molecule has 2 atom stereocenters. The Morgan fingerprint density at radius 2 is 1.44 bits per heavy atom. The number of hydrogen-bond acceptors (Lipinski definition) is 4. The molecule has 0 saturated carbocycles. The summed E-state index contributed by atoms with van der Waals surface area (Å²) in [5, 5.41) is 5.37. The average Bonchev–Trinajstić information content (AvgIpc) is 3.11. The molecule has 0 heterocycles. The van der Waals surface area contributed by atoms with Gasteiger partial charge in [-0.1, -0.05) is 78.9 Å². The molecule has 1 aliphatic carbocycles. The van der Waals surface area contributed by atoms with Gasteiger partial charge in [-0.3, -0.25) is 4.79 Å². The van der Waals surface area contributed by atoms with Crippen LogP contribution in [0.5, 0.6) is 0 Å². The Balaban J connectivity index is 1.45. The highest BCUT2D eigenvalue weighted by molar-refractivity contribution is 5.86. The Morgan fingerprint density at radius 3 is 2.03 bits per heavy atom. The van der Waals surface area contributed by atoms with E-state index in [1.807, 2.05) is 54.6 Å². The second-order valence-electron chi connectivity index (χ2n) is 8.01. The largest absolute Gasteiger partial charge is 0.449 e. The summed E-state index contributed by atoms with van der Waals surface area (Å²) >= 11 is 0. The third kappa shape index (κ3) is 4.81. The van der Waals surface area contributed by atoms with Gasteiger partial charge in [0.05, 0.1) is 6.17 Å². The molecule has 0 unspecified atom stereocenters. The van der Waals surface area contributed by atoms with Gasteiger partial charge in [-0.2, -0.15) is 0 Å². The third-order valence-corrected chi connectivity index (χ3v) is 5.60. The highest BCUT2D eigenvalue weighted by Crippen LogP contribution is 2.44. The molecule has 3 aromatic rings. The van der Waals surface area contributed by atoms with Crippen LogP contribution in [0.15, 0.2) is 78.9 Å². The van der Waals surface area contributed by atoms with Crippen LogP contribution in [0.2, 0.25) is 0 Å². The first kappa shape index (κ1) is 21.6. The van der Waals surface area contributed by atoms with Crippen LogP contribution in [0.25, 0.3) is 11.1 Å². The van der Waals surface area contributed by atoms with E-state index in [4.69, 9.17) is 10.5 Å². The molecule has 4 N–H and O–H groups in total. The van der Waals surface area contributed by atoms with Crippen molar-refractivity contribution in [3.63, 3.8) is 0 Å². The lowest BCUT2D eigenvalue weighted by Gasteiger charge is -2.21. The maximum atomic E-state index is 12.7. The van der Waals surface area contributed by atoms with E-state index >= 15 is 0 Å². The van der Waals surface area contributed by atoms with Gasteiger partial charge >= 0.3 is 6.09 Å². The summed E-state index contributed by atoms with van der Waals surface area (Å²) in [5.74, 6) is -0.393. The van der Waals surface area contributed by atoms with Gasteiger partial charge in [0, 0.05) is 12.3 Å². The fourth-order valence-electron chi connectivity index (χ4n) is 4.17. The van der Waals surface area contributed by atoms with Gasteiger partial charge < -0.3 is 21.1 Å². The summed E-state index contributed by atoms with van der Waals surface area (Å²) in [5.41, 5.74) is 11.2.